The Morgan fingerprint density at radius 1 is 1.25 bits per heavy atom. The first kappa shape index (κ1) is 15.2. The van der Waals surface area contributed by atoms with E-state index in [-0.39, 0.29) is 17.8 Å². The summed E-state index contributed by atoms with van der Waals surface area (Å²) >= 11 is 0. The van der Waals surface area contributed by atoms with Crippen LogP contribution in [-0.2, 0) is 0 Å². The Balaban J connectivity index is 1.85. The van der Waals surface area contributed by atoms with Gasteiger partial charge >= 0.3 is 0 Å². The quantitative estimate of drug-likeness (QED) is 0.804. The molecule has 0 amide bonds. The number of hydrogen-bond donors (Lipinski definition) is 1. The molecular formula is C18H20FN5. The van der Waals surface area contributed by atoms with Gasteiger partial charge in [-0.1, -0.05) is 36.4 Å². The van der Waals surface area contributed by atoms with E-state index in [9.17, 15) is 0 Å². The molecule has 24 heavy (non-hydrogen) atoms. The van der Waals surface area contributed by atoms with Gasteiger partial charge in [0.1, 0.15) is 11.9 Å². The summed E-state index contributed by atoms with van der Waals surface area (Å²) < 4.78 is 15.3. The summed E-state index contributed by atoms with van der Waals surface area (Å²) in [5.74, 6) is 0.659. The fourth-order valence-corrected chi connectivity index (χ4v) is 3.61. The first-order valence-electron chi connectivity index (χ1n) is 8.38. The zero-order valence-corrected chi connectivity index (χ0v) is 13.6. The lowest BCUT2D eigenvalue weighted by atomic mass is 9.86. The molecule has 2 heterocycles. The Kier molecular flexibility index (Phi) is 3.98. The SMILES string of the molecule is Cc1nnn(C(c2ccc3ccccc3c2F)[C@H]2CCCNC2)n1. The Labute approximate surface area is 139 Å². The summed E-state index contributed by atoms with van der Waals surface area (Å²) in [5, 5.41) is 17.5. The lowest BCUT2D eigenvalue weighted by Crippen LogP contribution is -2.36. The van der Waals surface area contributed by atoms with Gasteiger partial charge in [0, 0.05) is 17.5 Å². The molecule has 1 unspecified atom stereocenters. The zero-order valence-electron chi connectivity index (χ0n) is 13.6. The third-order valence-corrected chi connectivity index (χ3v) is 4.77. The van der Waals surface area contributed by atoms with Crippen LogP contribution in [-0.4, -0.2) is 33.3 Å². The van der Waals surface area contributed by atoms with Crippen LogP contribution in [0.5, 0.6) is 0 Å². The largest absolute Gasteiger partial charge is 0.316 e. The molecule has 0 radical (unpaired) electrons. The van der Waals surface area contributed by atoms with Crippen molar-refractivity contribution in [2.24, 2.45) is 5.92 Å². The highest BCUT2D eigenvalue weighted by Gasteiger charge is 2.31. The van der Waals surface area contributed by atoms with E-state index in [1.54, 1.807) is 11.7 Å². The van der Waals surface area contributed by atoms with Gasteiger partial charge in [-0.15, -0.1) is 10.2 Å². The molecule has 3 aromatic rings. The number of nitrogens with zero attached hydrogens (tertiary/aromatic N) is 4. The van der Waals surface area contributed by atoms with E-state index < -0.39 is 0 Å². The number of rotatable bonds is 3. The molecule has 2 atom stereocenters. The van der Waals surface area contributed by atoms with Crippen molar-refractivity contribution in [3.05, 3.63) is 53.6 Å². The van der Waals surface area contributed by atoms with Crippen LogP contribution in [0.25, 0.3) is 10.8 Å². The minimum absolute atomic E-state index is 0.182. The second-order valence-corrected chi connectivity index (χ2v) is 6.40. The Morgan fingerprint density at radius 3 is 2.88 bits per heavy atom. The van der Waals surface area contributed by atoms with Gasteiger partial charge in [-0.3, -0.25) is 0 Å². The summed E-state index contributed by atoms with van der Waals surface area (Å²) in [6, 6.07) is 11.1. The van der Waals surface area contributed by atoms with Crippen LogP contribution < -0.4 is 5.32 Å². The number of hydrogen-bond acceptors (Lipinski definition) is 4. The van der Waals surface area contributed by atoms with Crippen LogP contribution in [0.15, 0.2) is 36.4 Å². The minimum Gasteiger partial charge on any atom is -0.316 e. The van der Waals surface area contributed by atoms with E-state index in [0.29, 0.717) is 16.8 Å². The molecule has 0 aliphatic carbocycles. The van der Waals surface area contributed by atoms with Gasteiger partial charge in [0.15, 0.2) is 5.82 Å². The number of benzene rings is 2. The van der Waals surface area contributed by atoms with Gasteiger partial charge in [0.2, 0.25) is 0 Å². The van der Waals surface area contributed by atoms with Crippen molar-refractivity contribution in [1.29, 1.82) is 0 Å². The summed E-state index contributed by atoms with van der Waals surface area (Å²) in [6.07, 6.45) is 2.09. The molecule has 1 aromatic heterocycles. The molecule has 1 saturated heterocycles. The standard InChI is InChI=1S/C18H20FN5/c1-12-21-23-24(22-12)18(14-6-4-10-20-11-14)16-9-8-13-5-2-3-7-15(13)17(16)19/h2-3,5,7-9,14,18,20H,4,6,10-11H2,1H3/t14-,18?/m0/s1. The second-order valence-electron chi connectivity index (χ2n) is 6.40. The number of piperidine rings is 1. The molecule has 5 nitrogen and oxygen atoms in total. The van der Waals surface area contributed by atoms with Crippen LogP contribution >= 0.6 is 0 Å². The molecule has 0 bridgehead atoms. The van der Waals surface area contributed by atoms with Crippen molar-refractivity contribution >= 4 is 10.8 Å². The molecule has 0 spiro atoms. The van der Waals surface area contributed by atoms with Crippen molar-refractivity contribution in [2.45, 2.75) is 25.8 Å². The van der Waals surface area contributed by atoms with E-state index in [2.05, 4.69) is 20.7 Å². The van der Waals surface area contributed by atoms with E-state index in [1.807, 2.05) is 36.4 Å². The van der Waals surface area contributed by atoms with Gasteiger partial charge in [-0.25, -0.2) is 4.39 Å². The summed E-state index contributed by atoms with van der Waals surface area (Å²) in [4.78, 5) is 1.58. The van der Waals surface area contributed by atoms with Crippen molar-refractivity contribution in [3.8, 4) is 0 Å². The van der Waals surface area contributed by atoms with Crippen LogP contribution in [0.3, 0.4) is 0 Å². The van der Waals surface area contributed by atoms with Crippen LogP contribution in [0.2, 0.25) is 0 Å². The summed E-state index contributed by atoms with van der Waals surface area (Å²) in [5.41, 5.74) is 0.639. The molecular weight excluding hydrogens is 305 g/mol. The van der Waals surface area contributed by atoms with Gasteiger partial charge in [0.05, 0.1) is 0 Å². The number of nitrogens with one attached hydrogen (secondary N) is 1. The Bertz CT molecular complexity index is 853. The molecule has 1 aliphatic rings. The average Bonchev–Trinajstić information content (AvgIpc) is 3.04. The van der Waals surface area contributed by atoms with E-state index in [1.165, 1.54) is 0 Å². The maximum absolute atomic E-state index is 15.3. The number of tetrazole rings is 1. The molecule has 1 aliphatic heterocycles. The molecule has 1 fully saturated rings. The minimum atomic E-state index is -0.247. The van der Waals surface area contributed by atoms with Crippen molar-refractivity contribution in [1.82, 2.24) is 25.5 Å². The molecule has 6 heteroatoms. The third kappa shape index (κ3) is 2.67. The van der Waals surface area contributed by atoms with Crippen LogP contribution in [0.4, 0.5) is 4.39 Å². The predicted molar refractivity (Wildman–Crippen MR) is 90.2 cm³/mol. The van der Waals surface area contributed by atoms with Crippen molar-refractivity contribution in [2.75, 3.05) is 13.1 Å². The van der Waals surface area contributed by atoms with Gasteiger partial charge < -0.3 is 5.32 Å². The number of halogens is 1. The molecule has 4 rings (SSSR count). The van der Waals surface area contributed by atoms with Crippen LogP contribution in [0.1, 0.15) is 30.3 Å². The highest BCUT2D eigenvalue weighted by atomic mass is 19.1. The molecule has 2 aromatic carbocycles. The first-order chi connectivity index (χ1) is 11.7. The zero-order chi connectivity index (χ0) is 16.5. The second kappa shape index (κ2) is 6.28. The normalized spacial score (nSPS) is 19.5. The topological polar surface area (TPSA) is 55.6 Å². The molecule has 124 valence electrons. The average molecular weight is 325 g/mol. The van der Waals surface area contributed by atoms with Crippen LogP contribution in [0, 0.1) is 18.7 Å². The summed E-state index contributed by atoms with van der Waals surface area (Å²) in [7, 11) is 0. The molecule has 0 saturated carbocycles. The Morgan fingerprint density at radius 2 is 2.12 bits per heavy atom. The van der Waals surface area contributed by atoms with Crippen molar-refractivity contribution < 1.29 is 4.39 Å². The maximum atomic E-state index is 15.3. The van der Waals surface area contributed by atoms with E-state index in [0.717, 1.165) is 31.3 Å². The van der Waals surface area contributed by atoms with Gasteiger partial charge in [0.25, 0.3) is 0 Å². The molecule has 1 N–H and O–H groups in total. The lowest BCUT2D eigenvalue weighted by Gasteiger charge is -2.30. The number of fused-ring (bicyclic) bond motifs is 1. The maximum Gasteiger partial charge on any atom is 0.171 e. The van der Waals surface area contributed by atoms with Gasteiger partial charge in [-0.05, 0) is 42.8 Å². The smallest absolute Gasteiger partial charge is 0.171 e. The third-order valence-electron chi connectivity index (χ3n) is 4.77. The summed E-state index contributed by atoms with van der Waals surface area (Å²) in [6.45, 7) is 3.64. The monoisotopic (exact) mass is 325 g/mol. The number of aryl methyl sites for hydroxylation is 1. The Hall–Kier alpha value is -2.34. The predicted octanol–water partition coefficient (Wildman–Crippen LogP) is 2.86. The fourth-order valence-electron chi connectivity index (χ4n) is 3.61. The fraction of sp³-hybridized carbons (Fsp3) is 0.389. The lowest BCUT2D eigenvalue weighted by molar-refractivity contribution is 0.256. The van der Waals surface area contributed by atoms with E-state index in [4.69, 9.17) is 0 Å². The van der Waals surface area contributed by atoms with E-state index >= 15 is 4.39 Å². The number of aromatic nitrogens is 4. The van der Waals surface area contributed by atoms with Crippen molar-refractivity contribution in [3.63, 3.8) is 0 Å². The highest BCUT2D eigenvalue weighted by Crippen LogP contribution is 2.34. The van der Waals surface area contributed by atoms with Gasteiger partial charge in [-0.2, -0.15) is 4.80 Å². The highest BCUT2D eigenvalue weighted by molar-refractivity contribution is 5.83. The first-order valence-corrected chi connectivity index (χ1v) is 8.38.